The quantitative estimate of drug-likeness (QED) is 0.881. The molecule has 2 aromatic heterocycles. The maximum Gasteiger partial charge on any atom is 0.142 e. The molecule has 0 aromatic carbocycles. The summed E-state index contributed by atoms with van der Waals surface area (Å²) in [5.74, 6) is 0. The lowest BCUT2D eigenvalue weighted by molar-refractivity contribution is 0.798. The van der Waals surface area contributed by atoms with Crippen molar-refractivity contribution in [1.82, 2.24) is 15.3 Å². The van der Waals surface area contributed by atoms with Crippen molar-refractivity contribution < 1.29 is 0 Å². The van der Waals surface area contributed by atoms with Crippen molar-refractivity contribution in [2.45, 2.75) is 19.9 Å². The van der Waals surface area contributed by atoms with Crippen LogP contribution >= 0.6 is 11.3 Å². The highest BCUT2D eigenvalue weighted by Crippen LogP contribution is 2.25. The van der Waals surface area contributed by atoms with Crippen molar-refractivity contribution >= 4 is 11.3 Å². The summed E-state index contributed by atoms with van der Waals surface area (Å²) in [4.78, 5) is 8.99. The third kappa shape index (κ3) is 2.28. The molecule has 0 radical (unpaired) electrons. The minimum atomic E-state index is 0.810. The zero-order chi connectivity index (χ0) is 11.4. The van der Waals surface area contributed by atoms with Gasteiger partial charge in [0.25, 0.3) is 0 Å². The number of thiazole rings is 1. The molecule has 3 nitrogen and oxygen atoms in total. The van der Waals surface area contributed by atoms with Gasteiger partial charge in [0.15, 0.2) is 0 Å². The van der Waals surface area contributed by atoms with E-state index in [-0.39, 0.29) is 0 Å². The van der Waals surface area contributed by atoms with Gasteiger partial charge in [0.1, 0.15) is 10.7 Å². The second kappa shape index (κ2) is 5.18. The first-order chi connectivity index (χ1) is 7.85. The molecule has 0 fully saturated rings. The molecule has 2 rings (SSSR count). The van der Waals surface area contributed by atoms with Gasteiger partial charge in [-0.2, -0.15) is 0 Å². The fraction of sp³-hybridized carbons (Fsp3) is 0.333. The summed E-state index contributed by atoms with van der Waals surface area (Å²) in [6.45, 7) is 2.95. The second-order valence-corrected chi connectivity index (χ2v) is 4.40. The molecular weight excluding hydrogens is 218 g/mol. The molecule has 1 N–H and O–H groups in total. The van der Waals surface area contributed by atoms with Crippen LogP contribution in [0, 0.1) is 0 Å². The Bertz CT molecular complexity index is 465. The Hall–Kier alpha value is -1.26. The summed E-state index contributed by atoms with van der Waals surface area (Å²) in [6, 6.07) is 4.09. The smallest absolute Gasteiger partial charge is 0.142 e. The van der Waals surface area contributed by atoms with Crippen LogP contribution in [0.15, 0.2) is 23.7 Å². The van der Waals surface area contributed by atoms with Crippen LogP contribution in [-0.2, 0) is 13.0 Å². The Morgan fingerprint density at radius 3 is 3.06 bits per heavy atom. The molecule has 0 amide bonds. The highest BCUT2D eigenvalue weighted by Gasteiger charge is 2.09. The summed E-state index contributed by atoms with van der Waals surface area (Å²) in [5, 5.41) is 6.20. The van der Waals surface area contributed by atoms with Gasteiger partial charge in [0.2, 0.25) is 0 Å². The Labute approximate surface area is 99.6 Å². The average molecular weight is 233 g/mol. The van der Waals surface area contributed by atoms with E-state index < -0.39 is 0 Å². The van der Waals surface area contributed by atoms with E-state index in [9.17, 15) is 0 Å². The van der Waals surface area contributed by atoms with Crippen molar-refractivity contribution in [3.05, 3.63) is 35.0 Å². The van der Waals surface area contributed by atoms with Gasteiger partial charge < -0.3 is 5.32 Å². The summed E-state index contributed by atoms with van der Waals surface area (Å²) < 4.78 is 0. The molecule has 2 heterocycles. The zero-order valence-electron chi connectivity index (χ0n) is 9.53. The lowest BCUT2D eigenvalue weighted by atomic mass is 10.1. The molecule has 4 heteroatoms. The van der Waals surface area contributed by atoms with E-state index in [1.165, 1.54) is 5.56 Å². The highest BCUT2D eigenvalue weighted by molar-refractivity contribution is 7.13. The number of aromatic nitrogens is 2. The Kier molecular flexibility index (Phi) is 3.64. The van der Waals surface area contributed by atoms with Gasteiger partial charge in [0, 0.05) is 18.1 Å². The number of hydrogen-bond donors (Lipinski definition) is 1. The summed E-state index contributed by atoms with van der Waals surface area (Å²) in [6.07, 6.45) is 2.82. The Balaban J connectivity index is 2.34. The van der Waals surface area contributed by atoms with Crippen molar-refractivity contribution in [3.63, 3.8) is 0 Å². The lowest BCUT2D eigenvalue weighted by Gasteiger charge is -2.02. The first-order valence-electron chi connectivity index (χ1n) is 5.38. The normalized spacial score (nSPS) is 10.6. The average Bonchev–Trinajstić information content (AvgIpc) is 2.78. The number of hydrogen-bond acceptors (Lipinski definition) is 4. The largest absolute Gasteiger partial charge is 0.314 e. The zero-order valence-corrected chi connectivity index (χ0v) is 10.3. The molecule has 2 aromatic rings. The van der Waals surface area contributed by atoms with E-state index in [0.29, 0.717) is 0 Å². The molecule has 0 saturated heterocycles. The fourth-order valence-corrected chi connectivity index (χ4v) is 2.44. The molecule has 0 unspecified atom stereocenters. The number of nitrogens with one attached hydrogen (secondary N) is 1. The number of rotatable bonds is 4. The maximum atomic E-state index is 4.57. The van der Waals surface area contributed by atoms with Crippen LogP contribution < -0.4 is 5.32 Å². The van der Waals surface area contributed by atoms with Gasteiger partial charge in [-0.1, -0.05) is 13.0 Å². The third-order valence-corrected chi connectivity index (χ3v) is 3.28. The summed E-state index contributed by atoms with van der Waals surface area (Å²) in [7, 11) is 1.93. The minimum Gasteiger partial charge on any atom is -0.314 e. The van der Waals surface area contributed by atoms with E-state index in [2.05, 4.69) is 33.7 Å². The van der Waals surface area contributed by atoms with E-state index in [0.717, 1.165) is 29.4 Å². The molecule has 0 spiro atoms. The molecule has 0 bridgehead atoms. The lowest BCUT2D eigenvalue weighted by Crippen LogP contribution is -2.05. The van der Waals surface area contributed by atoms with Crippen LogP contribution in [-0.4, -0.2) is 17.0 Å². The Morgan fingerprint density at radius 2 is 2.31 bits per heavy atom. The summed E-state index contributed by atoms with van der Waals surface area (Å²) in [5.41, 5.74) is 3.36. The van der Waals surface area contributed by atoms with Gasteiger partial charge in [-0.05, 0) is 25.1 Å². The minimum absolute atomic E-state index is 0.810. The van der Waals surface area contributed by atoms with Gasteiger partial charge >= 0.3 is 0 Å². The van der Waals surface area contributed by atoms with Gasteiger partial charge in [-0.25, -0.2) is 4.98 Å². The number of aryl methyl sites for hydroxylation is 1. The number of nitrogens with zero attached hydrogens (tertiary/aromatic N) is 2. The van der Waals surface area contributed by atoms with Crippen molar-refractivity contribution in [2.75, 3.05) is 7.05 Å². The van der Waals surface area contributed by atoms with Crippen LogP contribution in [0.25, 0.3) is 10.7 Å². The van der Waals surface area contributed by atoms with Crippen LogP contribution in [0.3, 0.4) is 0 Å². The van der Waals surface area contributed by atoms with Gasteiger partial charge in [-0.15, -0.1) is 11.3 Å². The van der Waals surface area contributed by atoms with Gasteiger partial charge in [-0.3, -0.25) is 4.98 Å². The highest BCUT2D eigenvalue weighted by atomic mass is 32.1. The van der Waals surface area contributed by atoms with E-state index in [4.69, 9.17) is 0 Å². The molecule has 0 aliphatic heterocycles. The fourth-order valence-electron chi connectivity index (χ4n) is 1.59. The first kappa shape index (κ1) is 11.2. The van der Waals surface area contributed by atoms with Crippen LogP contribution in [0.4, 0.5) is 0 Å². The van der Waals surface area contributed by atoms with Crippen LogP contribution in [0.1, 0.15) is 18.2 Å². The standard InChI is InChI=1S/C12H15N3S/c1-3-9-5-4-6-14-11(9)12-15-10(7-13-2)8-16-12/h4-6,8,13H,3,7H2,1-2H3. The second-order valence-electron chi connectivity index (χ2n) is 3.54. The van der Waals surface area contributed by atoms with Crippen LogP contribution in [0.5, 0.6) is 0 Å². The Morgan fingerprint density at radius 1 is 1.44 bits per heavy atom. The van der Waals surface area contributed by atoms with E-state index in [1.54, 1.807) is 11.3 Å². The molecule has 84 valence electrons. The monoisotopic (exact) mass is 233 g/mol. The molecule has 0 saturated carbocycles. The van der Waals surface area contributed by atoms with Gasteiger partial charge in [0.05, 0.1) is 5.69 Å². The first-order valence-corrected chi connectivity index (χ1v) is 6.26. The van der Waals surface area contributed by atoms with E-state index in [1.807, 2.05) is 19.3 Å². The molecule has 0 atom stereocenters. The third-order valence-electron chi connectivity index (χ3n) is 2.38. The molecular formula is C12H15N3S. The topological polar surface area (TPSA) is 37.8 Å². The molecule has 0 aliphatic rings. The maximum absolute atomic E-state index is 4.57. The molecule has 16 heavy (non-hydrogen) atoms. The predicted octanol–water partition coefficient (Wildman–Crippen LogP) is 2.49. The summed E-state index contributed by atoms with van der Waals surface area (Å²) >= 11 is 1.66. The van der Waals surface area contributed by atoms with E-state index >= 15 is 0 Å². The van der Waals surface area contributed by atoms with Crippen LogP contribution in [0.2, 0.25) is 0 Å². The SMILES string of the molecule is CCc1cccnc1-c1nc(CNC)cs1. The number of pyridine rings is 1. The molecule has 0 aliphatic carbocycles. The van der Waals surface area contributed by atoms with Crippen molar-refractivity contribution in [2.24, 2.45) is 0 Å². The van der Waals surface area contributed by atoms with Crippen molar-refractivity contribution in [1.29, 1.82) is 0 Å². The van der Waals surface area contributed by atoms with Crippen molar-refractivity contribution in [3.8, 4) is 10.7 Å². The predicted molar refractivity (Wildman–Crippen MR) is 67.5 cm³/mol.